The zero-order chi connectivity index (χ0) is 11.2. The summed E-state index contributed by atoms with van der Waals surface area (Å²) in [5, 5.41) is 0. The first-order valence-corrected chi connectivity index (χ1v) is 6.57. The maximum Gasteiger partial charge on any atom is 0.234 e. The molecule has 6 heteroatoms. The van der Waals surface area contributed by atoms with Crippen molar-refractivity contribution in [1.29, 1.82) is 4.78 Å². The van der Waals surface area contributed by atoms with Crippen molar-refractivity contribution in [2.75, 3.05) is 11.5 Å². The third-order valence-electron chi connectivity index (χ3n) is 1.95. The van der Waals surface area contributed by atoms with Gasteiger partial charge in [0.1, 0.15) is 0 Å². The molecular weight excluding hydrogens is 202 g/mol. The van der Waals surface area contributed by atoms with E-state index in [1.165, 1.54) is 0 Å². The fourth-order valence-electron chi connectivity index (χ4n) is 0.939. The van der Waals surface area contributed by atoms with E-state index in [9.17, 15) is 9.00 Å². The predicted octanol–water partition coefficient (Wildman–Crippen LogP) is 0.0360. The molecule has 84 valence electrons. The summed E-state index contributed by atoms with van der Waals surface area (Å²) in [5.41, 5.74) is 10.3. The summed E-state index contributed by atoms with van der Waals surface area (Å²) >= 11 is 0. The topological polar surface area (TPSA) is 110 Å². The molecule has 0 aromatic heterocycles. The quantitative estimate of drug-likeness (QED) is 0.564. The lowest BCUT2D eigenvalue weighted by Crippen LogP contribution is -2.37. The van der Waals surface area contributed by atoms with Gasteiger partial charge in [-0.1, -0.05) is 13.3 Å². The summed E-state index contributed by atoms with van der Waals surface area (Å²) < 4.78 is 19.0. The zero-order valence-corrected chi connectivity index (χ0v) is 9.31. The van der Waals surface area contributed by atoms with E-state index < -0.39 is 21.7 Å². The summed E-state index contributed by atoms with van der Waals surface area (Å²) in [5.74, 6) is -0.0535. The van der Waals surface area contributed by atoms with Crippen LogP contribution in [0.5, 0.6) is 0 Å². The van der Waals surface area contributed by atoms with Crippen molar-refractivity contribution in [3.05, 3.63) is 0 Å². The molecule has 0 aliphatic carbocycles. The lowest BCUT2D eigenvalue weighted by atomic mass is 10.2. The highest BCUT2D eigenvalue weighted by Crippen LogP contribution is 2.01. The van der Waals surface area contributed by atoms with Gasteiger partial charge in [0, 0.05) is 21.2 Å². The molecule has 5 N–H and O–H groups in total. The Balaban J connectivity index is 3.93. The van der Waals surface area contributed by atoms with Crippen LogP contribution in [0.25, 0.3) is 0 Å². The van der Waals surface area contributed by atoms with Crippen molar-refractivity contribution in [1.82, 2.24) is 0 Å². The second-order valence-corrected chi connectivity index (χ2v) is 5.81. The largest absolute Gasteiger partial charge is 0.368 e. The van der Waals surface area contributed by atoms with Crippen molar-refractivity contribution in [2.24, 2.45) is 11.5 Å². The summed E-state index contributed by atoms with van der Waals surface area (Å²) in [6, 6.07) is -0.775. The van der Waals surface area contributed by atoms with Crippen LogP contribution in [0.2, 0.25) is 0 Å². The Morgan fingerprint density at radius 3 is 2.50 bits per heavy atom. The SMILES string of the molecule is CCCCS(=N)(=O)CC[C@H](N)C(N)=O. The van der Waals surface area contributed by atoms with Gasteiger partial charge in [0.15, 0.2) is 0 Å². The first-order chi connectivity index (χ1) is 6.39. The molecule has 1 amide bonds. The van der Waals surface area contributed by atoms with Crippen LogP contribution in [0.15, 0.2) is 0 Å². The van der Waals surface area contributed by atoms with Gasteiger partial charge in [-0.05, 0) is 12.8 Å². The summed E-state index contributed by atoms with van der Waals surface area (Å²) in [4.78, 5) is 10.6. The fourth-order valence-corrected chi connectivity index (χ4v) is 2.53. The maximum absolute atomic E-state index is 11.5. The van der Waals surface area contributed by atoms with E-state index in [2.05, 4.69) is 0 Å². The van der Waals surface area contributed by atoms with Gasteiger partial charge < -0.3 is 11.5 Å². The van der Waals surface area contributed by atoms with E-state index in [0.717, 1.165) is 12.8 Å². The van der Waals surface area contributed by atoms with E-state index >= 15 is 0 Å². The predicted molar refractivity (Wildman–Crippen MR) is 57.3 cm³/mol. The Morgan fingerprint density at radius 2 is 2.07 bits per heavy atom. The molecule has 0 fully saturated rings. The average Bonchev–Trinajstić information content (AvgIpc) is 2.11. The molecule has 0 aromatic carbocycles. The molecule has 0 saturated carbocycles. The summed E-state index contributed by atoms with van der Waals surface area (Å²) in [6.07, 6.45) is 1.92. The number of nitrogens with two attached hydrogens (primary N) is 2. The number of carbonyl (C=O) groups is 1. The molecule has 0 radical (unpaired) electrons. The molecule has 0 aromatic rings. The van der Waals surface area contributed by atoms with Gasteiger partial charge in [-0.15, -0.1) is 0 Å². The number of amides is 1. The number of rotatable bonds is 7. The Labute approximate surface area is 85.2 Å². The molecule has 0 spiro atoms. The molecule has 2 atom stereocenters. The molecule has 5 nitrogen and oxygen atoms in total. The molecule has 0 bridgehead atoms. The van der Waals surface area contributed by atoms with E-state index in [4.69, 9.17) is 16.2 Å². The fraction of sp³-hybridized carbons (Fsp3) is 0.875. The van der Waals surface area contributed by atoms with Gasteiger partial charge in [0.05, 0.1) is 6.04 Å². The van der Waals surface area contributed by atoms with Crippen molar-refractivity contribution in [3.8, 4) is 0 Å². The van der Waals surface area contributed by atoms with Crippen molar-refractivity contribution >= 4 is 15.6 Å². The van der Waals surface area contributed by atoms with Gasteiger partial charge >= 0.3 is 0 Å². The van der Waals surface area contributed by atoms with Crippen LogP contribution < -0.4 is 11.5 Å². The van der Waals surface area contributed by atoms with Crippen molar-refractivity contribution in [3.63, 3.8) is 0 Å². The van der Waals surface area contributed by atoms with Crippen LogP contribution in [0.3, 0.4) is 0 Å². The number of carbonyl (C=O) groups excluding carboxylic acids is 1. The smallest absolute Gasteiger partial charge is 0.234 e. The van der Waals surface area contributed by atoms with Crippen LogP contribution in [0.1, 0.15) is 26.2 Å². The molecule has 0 saturated heterocycles. The van der Waals surface area contributed by atoms with E-state index in [1.54, 1.807) is 0 Å². The molecule has 0 aliphatic heterocycles. The highest BCUT2D eigenvalue weighted by Gasteiger charge is 2.13. The third-order valence-corrected chi connectivity index (χ3v) is 3.79. The monoisotopic (exact) mass is 221 g/mol. The minimum Gasteiger partial charge on any atom is -0.368 e. The van der Waals surface area contributed by atoms with Crippen LogP contribution in [0, 0.1) is 4.78 Å². The number of unbranched alkanes of at least 4 members (excludes halogenated alkanes) is 1. The van der Waals surface area contributed by atoms with Crippen LogP contribution in [0.4, 0.5) is 0 Å². The Bertz CT molecular complexity index is 274. The molecule has 14 heavy (non-hydrogen) atoms. The summed E-state index contributed by atoms with van der Waals surface area (Å²) in [6.45, 7) is 1.98. The highest BCUT2D eigenvalue weighted by atomic mass is 32.2. The first-order valence-electron chi connectivity index (χ1n) is 4.68. The molecular formula is C8H19N3O2S. The van der Waals surface area contributed by atoms with Crippen molar-refractivity contribution in [2.45, 2.75) is 32.2 Å². The van der Waals surface area contributed by atoms with E-state index in [-0.39, 0.29) is 12.2 Å². The van der Waals surface area contributed by atoms with Gasteiger partial charge in [0.25, 0.3) is 0 Å². The standard InChI is InChI=1S/C8H19N3O2S/c1-2-3-5-14(11,13)6-4-7(9)8(10)12/h7,11H,2-6,9H2,1H3,(H2,10,12)/t7-,14?/m0/s1. The van der Waals surface area contributed by atoms with Crippen LogP contribution in [-0.2, 0) is 14.5 Å². The maximum atomic E-state index is 11.5. The minimum absolute atomic E-state index is 0.164. The van der Waals surface area contributed by atoms with E-state index in [0.29, 0.717) is 5.75 Å². The number of hydrogen-bond acceptors (Lipinski definition) is 4. The molecule has 0 heterocycles. The summed E-state index contributed by atoms with van der Waals surface area (Å²) in [7, 11) is -2.56. The van der Waals surface area contributed by atoms with Crippen LogP contribution in [-0.4, -0.2) is 27.7 Å². The lowest BCUT2D eigenvalue weighted by Gasteiger charge is -2.09. The Kier molecular flexibility index (Phi) is 5.71. The molecule has 1 unspecified atom stereocenters. The van der Waals surface area contributed by atoms with Gasteiger partial charge in [-0.3, -0.25) is 9.57 Å². The zero-order valence-electron chi connectivity index (χ0n) is 8.49. The number of nitrogens with one attached hydrogen (secondary N) is 1. The second-order valence-electron chi connectivity index (χ2n) is 3.37. The minimum atomic E-state index is -2.56. The van der Waals surface area contributed by atoms with Crippen LogP contribution >= 0.6 is 0 Å². The highest BCUT2D eigenvalue weighted by molar-refractivity contribution is 7.92. The molecule has 0 rings (SSSR count). The number of primary amides is 1. The lowest BCUT2D eigenvalue weighted by molar-refractivity contribution is -0.119. The normalized spacial score (nSPS) is 17.3. The first kappa shape index (κ1) is 13.4. The Morgan fingerprint density at radius 1 is 1.50 bits per heavy atom. The second kappa shape index (κ2) is 5.98. The van der Waals surface area contributed by atoms with Crippen molar-refractivity contribution < 1.29 is 9.00 Å². The van der Waals surface area contributed by atoms with Gasteiger partial charge in [-0.2, -0.15) is 0 Å². The third kappa shape index (κ3) is 5.93. The number of hydrogen-bond donors (Lipinski definition) is 3. The molecule has 0 aliphatic rings. The van der Waals surface area contributed by atoms with Gasteiger partial charge in [0.2, 0.25) is 5.91 Å². The Hall–Kier alpha value is -0.620. The average molecular weight is 221 g/mol. The van der Waals surface area contributed by atoms with E-state index in [1.807, 2.05) is 6.92 Å². The van der Waals surface area contributed by atoms with Gasteiger partial charge in [-0.25, -0.2) is 4.21 Å².